The zero-order chi connectivity index (χ0) is 15.6. The Morgan fingerprint density at radius 1 is 1.57 bits per heavy atom. The molecule has 0 radical (unpaired) electrons. The van der Waals surface area contributed by atoms with Gasteiger partial charge in [0.25, 0.3) is 0 Å². The molecule has 0 unspecified atom stereocenters. The highest BCUT2D eigenvalue weighted by molar-refractivity contribution is 9.11. The first kappa shape index (κ1) is 15.9. The van der Waals surface area contributed by atoms with Crippen molar-refractivity contribution in [1.82, 2.24) is 4.31 Å². The molecule has 1 aliphatic heterocycles. The quantitative estimate of drug-likeness (QED) is 0.582. The van der Waals surface area contributed by atoms with Gasteiger partial charge in [-0.25, -0.2) is 9.10 Å². The zero-order valence-corrected chi connectivity index (χ0v) is 14.2. The number of methoxy groups -OCH3 is 1. The van der Waals surface area contributed by atoms with Crippen LogP contribution >= 0.6 is 27.3 Å². The lowest BCUT2D eigenvalue weighted by Crippen LogP contribution is -2.36. The summed E-state index contributed by atoms with van der Waals surface area (Å²) in [6, 6.07) is 3.49. The number of allylic oxidation sites excluding steroid dienone is 1. The lowest BCUT2D eigenvalue weighted by molar-refractivity contribution is -0.137. The van der Waals surface area contributed by atoms with Crippen molar-refractivity contribution in [2.45, 2.75) is 0 Å². The fourth-order valence-electron chi connectivity index (χ4n) is 1.67. The van der Waals surface area contributed by atoms with Crippen molar-refractivity contribution in [3.05, 3.63) is 45.2 Å². The molecule has 0 saturated heterocycles. The summed E-state index contributed by atoms with van der Waals surface area (Å²) in [6.45, 7) is 3.42. The summed E-state index contributed by atoms with van der Waals surface area (Å²) in [6.07, 6.45) is 2.77. The van der Waals surface area contributed by atoms with E-state index >= 15 is 0 Å². The van der Waals surface area contributed by atoms with E-state index in [4.69, 9.17) is 0 Å². The maximum atomic E-state index is 12.2. The van der Waals surface area contributed by atoms with Crippen molar-refractivity contribution in [1.29, 1.82) is 0 Å². The van der Waals surface area contributed by atoms with Gasteiger partial charge in [0.2, 0.25) is 0 Å². The molecule has 1 aromatic heterocycles. The molecule has 21 heavy (non-hydrogen) atoms. The van der Waals surface area contributed by atoms with E-state index in [-0.39, 0.29) is 18.0 Å². The van der Waals surface area contributed by atoms with Crippen LogP contribution in [0.1, 0.15) is 4.88 Å². The molecule has 0 atom stereocenters. The van der Waals surface area contributed by atoms with Crippen molar-refractivity contribution >= 4 is 49.2 Å². The number of rotatable bonds is 4. The summed E-state index contributed by atoms with van der Waals surface area (Å²) >= 11 is 4.62. The maximum absolute atomic E-state index is 12.2. The molecule has 0 spiro atoms. The van der Waals surface area contributed by atoms with Gasteiger partial charge in [0.1, 0.15) is 5.70 Å². The van der Waals surface area contributed by atoms with Gasteiger partial charge >= 0.3 is 16.2 Å². The molecule has 1 aromatic rings. The highest BCUT2D eigenvalue weighted by atomic mass is 79.9. The molecule has 2 rings (SSSR count). The normalized spacial score (nSPS) is 17.0. The largest absolute Gasteiger partial charge is 0.464 e. The highest BCUT2D eigenvalue weighted by Crippen LogP contribution is 2.27. The molecule has 0 aliphatic carbocycles. The number of hydrogen-bond donors (Lipinski definition) is 0. The topological polar surface area (TPSA) is 76.0 Å². The van der Waals surface area contributed by atoms with Crippen molar-refractivity contribution in [3.8, 4) is 0 Å². The fraction of sp³-hybridized carbons (Fsp3) is 0.167. The zero-order valence-electron chi connectivity index (χ0n) is 10.9. The first-order chi connectivity index (χ1) is 9.89. The second kappa shape index (κ2) is 6.12. The summed E-state index contributed by atoms with van der Waals surface area (Å²) in [4.78, 5) is 12.5. The van der Waals surface area contributed by atoms with Gasteiger partial charge in [0, 0.05) is 0 Å². The molecule has 1 aliphatic rings. The molecule has 0 N–H and O–H groups in total. The molecule has 6 nitrogen and oxygen atoms in total. The SMILES string of the molecule is C=CCN1C(C(=O)OC)=CC(c2ccc(Br)s2)=NS1(=O)=O. The highest BCUT2D eigenvalue weighted by Gasteiger charge is 2.33. The minimum absolute atomic E-state index is 0.0613. The van der Waals surface area contributed by atoms with Crippen LogP contribution in [-0.2, 0) is 19.7 Å². The van der Waals surface area contributed by atoms with Crippen molar-refractivity contribution in [2.75, 3.05) is 13.7 Å². The number of ether oxygens (including phenoxy) is 1. The van der Waals surface area contributed by atoms with E-state index in [0.717, 1.165) is 8.09 Å². The van der Waals surface area contributed by atoms with Gasteiger partial charge in [0.15, 0.2) is 0 Å². The van der Waals surface area contributed by atoms with E-state index < -0.39 is 16.2 Å². The van der Waals surface area contributed by atoms with Crippen LogP contribution in [0.15, 0.2) is 44.7 Å². The Morgan fingerprint density at radius 2 is 2.29 bits per heavy atom. The number of nitrogens with zero attached hydrogens (tertiary/aromatic N) is 2. The Balaban J connectivity index is 2.56. The predicted octanol–water partition coefficient (Wildman–Crippen LogP) is 2.10. The molecule has 0 amide bonds. The lowest BCUT2D eigenvalue weighted by Gasteiger charge is -2.25. The molecule has 0 fully saturated rings. The van der Waals surface area contributed by atoms with Crippen molar-refractivity contribution in [2.24, 2.45) is 4.40 Å². The third kappa shape index (κ3) is 3.25. The summed E-state index contributed by atoms with van der Waals surface area (Å²) in [5.41, 5.74) is 0.110. The molecule has 0 aromatic carbocycles. The van der Waals surface area contributed by atoms with Gasteiger partial charge < -0.3 is 4.74 Å². The fourth-order valence-corrected chi connectivity index (χ4v) is 4.24. The van der Waals surface area contributed by atoms with Crippen LogP contribution in [0.4, 0.5) is 0 Å². The van der Waals surface area contributed by atoms with Crippen LogP contribution in [0.25, 0.3) is 0 Å². The Kier molecular flexibility index (Phi) is 4.64. The predicted molar refractivity (Wildman–Crippen MR) is 84.5 cm³/mol. The minimum Gasteiger partial charge on any atom is -0.464 e. The van der Waals surface area contributed by atoms with Crippen LogP contribution in [0.5, 0.6) is 0 Å². The summed E-state index contributed by atoms with van der Waals surface area (Å²) < 4.78 is 34.5. The molecular formula is C12H11BrN2O4S2. The second-order valence-corrected chi connectivity index (χ2v) is 7.88. The Labute approximate surface area is 134 Å². The number of hydrogen-bond acceptors (Lipinski definition) is 5. The number of carbonyl (C=O) groups excluding carboxylic acids is 1. The van der Waals surface area contributed by atoms with Crippen LogP contribution in [0, 0.1) is 0 Å². The van der Waals surface area contributed by atoms with Gasteiger partial charge in [-0.1, -0.05) is 6.08 Å². The van der Waals surface area contributed by atoms with E-state index in [1.807, 2.05) is 0 Å². The van der Waals surface area contributed by atoms with Gasteiger partial charge in [-0.3, -0.25) is 0 Å². The van der Waals surface area contributed by atoms with Crippen LogP contribution in [0.3, 0.4) is 0 Å². The number of thiophene rings is 1. The summed E-state index contributed by atoms with van der Waals surface area (Å²) in [5.74, 6) is -0.747. The van der Waals surface area contributed by atoms with Gasteiger partial charge in [-0.15, -0.1) is 22.3 Å². The smallest absolute Gasteiger partial charge is 0.355 e. The van der Waals surface area contributed by atoms with E-state index in [1.54, 1.807) is 12.1 Å². The van der Waals surface area contributed by atoms with Crippen LogP contribution in [0.2, 0.25) is 0 Å². The number of halogens is 1. The Hall–Kier alpha value is -1.45. The molecule has 0 bridgehead atoms. The monoisotopic (exact) mass is 390 g/mol. The first-order valence-electron chi connectivity index (χ1n) is 5.68. The average molecular weight is 391 g/mol. The number of carbonyl (C=O) groups is 1. The molecule has 0 saturated carbocycles. The van der Waals surface area contributed by atoms with Gasteiger partial charge in [-0.05, 0) is 34.1 Å². The van der Waals surface area contributed by atoms with E-state index in [1.165, 1.54) is 30.6 Å². The van der Waals surface area contributed by atoms with E-state index in [2.05, 4.69) is 31.6 Å². The Bertz CT molecular complexity index is 749. The first-order valence-corrected chi connectivity index (χ1v) is 8.69. The Morgan fingerprint density at radius 3 is 2.81 bits per heavy atom. The van der Waals surface area contributed by atoms with E-state index in [0.29, 0.717) is 4.88 Å². The maximum Gasteiger partial charge on any atom is 0.355 e. The minimum atomic E-state index is -4.01. The standard InChI is InChI=1S/C12H11BrN2O4S2/c1-3-6-15-9(12(16)19-2)7-8(14-21(15,17)18)10-4-5-11(13)20-10/h3-5,7H,1,6H2,2H3. The molecular weight excluding hydrogens is 380 g/mol. The summed E-state index contributed by atoms with van der Waals surface area (Å²) in [5, 5.41) is 0. The second-order valence-electron chi connectivity index (χ2n) is 3.90. The average Bonchev–Trinajstić information content (AvgIpc) is 2.86. The van der Waals surface area contributed by atoms with Crippen molar-refractivity contribution in [3.63, 3.8) is 0 Å². The van der Waals surface area contributed by atoms with Crippen molar-refractivity contribution < 1.29 is 17.9 Å². The molecule has 2 heterocycles. The third-order valence-corrected chi connectivity index (χ3v) is 5.53. The lowest BCUT2D eigenvalue weighted by atomic mass is 10.2. The third-order valence-electron chi connectivity index (χ3n) is 2.55. The summed E-state index contributed by atoms with van der Waals surface area (Å²) in [7, 11) is -2.82. The molecule has 112 valence electrons. The number of esters is 1. The van der Waals surface area contributed by atoms with Crippen LogP contribution in [-0.4, -0.2) is 38.1 Å². The van der Waals surface area contributed by atoms with Gasteiger partial charge in [-0.2, -0.15) is 8.42 Å². The molecule has 9 heteroatoms. The van der Waals surface area contributed by atoms with Gasteiger partial charge in [0.05, 0.1) is 28.0 Å². The van der Waals surface area contributed by atoms with Crippen LogP contribution < -0.4 is 0 Å². The van der Waals surface area contributed by atoms with E-state index in [9.17, 15) is 13.2 Å².